The van der Waals surface area contributed by atoms with E-state index in [0.717, 1.165) is 18.1 Å². The fourth-order valence-corrected chi connectivity index (χ4v) is 3.93. The van der Waals surface area contributed by atoms with E-state index < -0.39 is 11.7 Å². The van der Waals surface area contributed by atoms with Crippen molar-refractivity contribution in [2.45, 2.75) is 25.8 Å². The summed E-state index contributed by atoms with van der Waals surface area (Å²) in [5, 5.41) is 9.94. The molecule has 3 aromatic rings. The molecule has 178 valence electrons. The highest BCUT2D eigenvalue weighted by molar-refractivity contribution is 5.99. The Hall–Kier alpha value is -3.82. The fraction of sp³-hybridized carbons (Fsp3) is 0.333. The Morgan fingerprint density at radius 2 is 2.06 bits per heavy atom. The minimum Gasteiger partial charge on any atom is -0.369 e. The van der Waals surface area contributed by atoms with Crippen LogP contribution in [-0.4, -0.2) is 57.2 Å². The molecule has 1 aliphatic rings. The summed E-state index contributed by atoms with van der Waals surface area (Å²) in [6, 6.07) is 7.32. The predicted octanol–water partition coefficient (Wildman–Crippen LogP) is 2.77. The summed E-state index contributed by atoms with van der Waals surface area (Å²) in [5.41, 5.74) is 1.38. The summed E-state index contributed by atoms with van der Waals surface area (Å²) in [6.07, 6.45) is 4.41. The second-order valence-electron chi connectivity index (χ2n) is 8.29. The number of pyridine rings is 1. The Kier molecular flexibility index (Phi) is 6.85. The molecule has 8 nitrogen and oxygen atoms in total. The zero-order valence-corrected chi connectivity index (χ0v) is 19.0. The van der Waals surface area contributed by atoms with E-state index in [4.69, 9.17) is 0 Å². The van der Waals surface area contributed by atoms with Crippen LogP contribution in [0.1, 0.15) is 29.3 Å². The molecule has 2 aromatic heterocycles. The van der Waals surface area contributed by atoms with Gasteiger partial charge in [-0.15, -0.1) is 0 Å². The van der Waals surface area contributed by atoms with Crippen LogP contribution in [0, 0.1) is 11.6 Å². The van der Waals surface area contributed by atoms with Crippen molar-refractivity contribution < 1.29 is 18.4 Å². The number of nitrogens with one attached hydrogen (secondary N) is 2. The fourth-order valence-electron chi connectivity index (χ4n) is 3.93. The van der Waals surface area contributed by atoms with Gasteiger partial charge in [0.2, 0.25) is 5.91 Å². The van der Waals surface area contributed by atoms with Gasteiger partial charge in [0.1, 0.15) is 17.3 Å². The first kappa shape index (κ1) is 23.3. The third-order valence-electron chi connectivity index (χ3n) is 5.84. The van der Waals surface area contributed by atoms with Crippen LogP contribution in [0.25, 0.3) is 11.3 Å². The molecular formula is C24H26F2N6O2. The SMILES string of the molecule is CC(=O)N1CC[C@@H]1CNC(=O)c1cc(F)c(-c2cnn(C)c2)nc1NCCc1cccc(F)c1. The zero-order valence-electron chi connectivity index (χ0n) is 19.0. The molecular weight excluding hydrogens is 442 g/mol. The summed E-state index contributed by atoms with van der Waals surface area (Å²) in [5.74, 6) is -1.30. The number of rotatable bonds is 8. The summed E-state index contributed by atoms with van der Waals surface area (Å²) in [4.78, 5) is 30.6. The van der Waals surface area contributed by atoms with Gasteiger partial charge < -0.3 is 15.5 Å². The van der Waals surface area contributed by atoms with Crippen molar-refractivity contribution >= 4 is 17.6 Å². The Labute approximate surface area is 196 Å². The van der Waals surface area contributed by atoms with Crippen LogP contribution in [-0.2, 0) is 18.3 Å². The number of carbonyl (C=O) groups is 2. The summed E-state index contributed by atoms with van der Waals surface area (Å²) in [6.45, 7) is 2.78. The molecule has 0 saturated carbocycles. The maximum atomic E-state index is 15.0. The second-order valence-corrected chi connectivity index (χ2v) is 8.29. The van der Waals surface area contributed by atoms with Crippen molar-refractivity contribution in [3.63, 3.8) is 0 Å². The van der Waals surface area contributed by atoms with Gasteiger partial charge in [-0.1, -0.05) is 12.1 Å². The molecule has 3 heterocycles. The van der Waals surface area contributed by atoms with E-state index in [2.05, 4.69) is 20.7 Å². The first-order valence-electron chi connectivity index (χ1n) is 11.0. The van der Waals surface area contributed by atoms with Crippen LogP contribution in [0.15, 0.2) is 42.7 Å². The van der Waals surface area contributed by atoms with Crippen LogP contribution in [0.5, 0.6) is 0 Å². The van der Waals surface area contributed by atoms with Crippen molar-refractivity contribution in [1.82, 2.24) is 25.0 Å². The number of benzene rings is 1. The van der Waals surface area contributed by atoms with Crippen molar-refractivity contribution in [3.8, 4) is 11.3 Å². The molecule has 1 atom stereocenters. The van der Waals surface area contributed by atoms with Gasteiger partial charge in [-0.05, 0) is 36.6 Å². The molecule has 1 saturated heterocycles. The predicted molar refractivity (Wildman–Crippen MR) is 123 cm³/mol. The molecule has 1 aliphatic heterocycles. The van der Waals surface area contributed by atoms with Crippen LogP contribution in [0.3, 0.4) is 0 Å². The Balaban J connectivity index is 1.54. The summed E-state index contributed by atoms with van der Waals surface area (Å²) in [7, 11) is 1.71. The highest BCUT2D eigenvalue weighted by Gasteiger charge is 2.30. The van der Waals surface area contributed by atoms with Crippen LogP contribution in [0.2, 0.25) is 0 Å². The van der Waals surface area contributed by atoms with E-state index in [9.17, 15) is 18.4 Å². The number of aryl methyl sites for hydroxylation is 1. The van der Waals surface area contributed by atoms with Crippen molar-refractivity contribution in [1.29, 1.82) is 0 Å². The highest BCUT2D eigenvalue weighted by atomic mass is 19.1. The van der Waals surface area contributed by atoms with Crippen LogP contribution >= 0.6 is 0 Å². The quantitative estimate of drug-likeness (QED) is 0.531. The van der Waals surface area contributed by atoms with Crippen molar-refractivity contribution in [2.24, 2.45) is 7.05 Å². The van der Waals surface area contributed by atoms with Crippen molar-refractivity contribution in [3.05, 3.63) is 65.5 Å². The molecule has 0 radical (unpaired) electrons. The van der Waals surface area contributed by atoms with Gasteiger partial charge in [0, 0.05) is 45.4 Å². The molecule has 10 heteroatoms. The molecule has 1 aromatic carbocycles. The van der Waals surface area contributed by atoms with E-state index in [1.165, 1.54) is 29.9 Å². The van der Waals surface area contributed by atoms with E-state index >= 15 is 0 Å². The lowest BCUT2D eigenvalue weighted by Gasteiger charge is -2.40. The maximum absolute atomic E-state index is 15.0. The lowest BCUT2D eigenvalue weighted by Crippen LogP contribution is -2.55. The van der Waals surface area contributed by atoms with Gasteiger partial charge in [-0.25, -0.2) is 13.8 Å². The van der Waals surface area contributed by atoms with Gasteiger partial charge in [0.25, 0.3) is 5.91 Å². The number of halogens is 2. The highest BCUT2D eigenvalue weighted by Crippen LogP contribution is 2.25. The standard InChI is InChI=1S/C24H26F2N6O2/c1-15(33)32-9-7-19(32)13-28-24(34)20-11-21(26)22(17-12-29-31(2)14-17)30-23(20)27-8-6-16-4-3-5-18(25)10-16/h3-5,10-12,14,19H,6-9,13H2,1-2H3,(H,27,30)(H,28,34)/t19-/m1/s1. The molecule has 4 rings (SSSR count). The first-order valence-corrected chi connectivity index (χ1v) is 11.0. The number of amides is 2. The average molecular weight is 469 g/mol. The van der Waals surface area contributed by atoms with E-state index in [-0.39, 0.29) is 41.4 Å². The smallest absolute Gasteiger partial charge is 0.255 e. The number of likely N-dealkylation sites (tertiary alicyclic amines) is 1. The largest absolute Gasteiger partial charge is 0.369 e. The maximum Gasteiger partial charge on any atom is 0.255 e. The summed E-state index contributed by atoms with van der Waals surface area (Å²) >= 11 is 0. The minimum absolute atomic E-state index is 0.0428. The van der Waals surface area contributed by atoms with Crippen molar-refractivity contribution in [2.75, 3.05) is 25.0 Å². The molecule has 0 bridgehead atoms. The molecule has 0 spiro atoms. The number of hydrogen-bond donors (Lipinski definition) is 2. The number of hydrogen-bond acceptors (Lipinski definition) is 5. The molecule has 0 aliphatic carbocycles. The lowest BCUT2D eigenvalue weighted by atomic mass is 10.0. The number of anilines is 1. The van der Waals surface area contributed by atoms with E-state index in [1.54, 1.807) is 30.3 Å². The minimum atomic E-state index is -0.650. The summed E-state index contributed by atoms with van der Waals surface area (Å²) < 4.78 is 30.0. The Morgan fingerprint density at radius 1 is 1.24 bits per heavy atom. The Bertz CT molecular complexity index is 1210. The number of carbonyl (C=O) groups excluding carboxylic acids is 2. The second kappa shape index (κ2) is 9.98. The normalized spacial score (nSPS) is 15.1. The molecule has 34 heavy (non-hydrogen) atoms. The van der Waals surface area contributed by atoms with Gasteiger partial charge >= 0.3 is 0 Å². The number of aromatic nitrogens is 3. The number of nitrogens with zero attached hydrogens (tertiary/aromatic N) is 4. The zero-order chi connectivity index (χ0) is 24.2. The Morgan fingerprint density at radius 3 is 2.71 bits per heavy atom. The van der Waals surface area contributed by atoms with E-state index in [1.807, 2.05) is 0 Å². The molecule has 2 N–H and O–H groups in total. The third kappa shape index (κ3) is 5.22. The topological polar surface area (TPSA) is 92.2 Å². The average Bonchev–Trinajstić information content (AvgIpc) is 3.19. The van der Waals surface area contributed by atoms with Crippen LogP contribution in [0.4, 0.5) is 14.6 Å². The van der Waals surface area contributed by atoms with Gasteiger partial charge in [-0.3, -0.25) is 14.3 Å². The molecule has 2 amide bonds. The molecule has 1 fully saturated rings. The first-order chi connectivity index (χ1) is 16.3. The van der Waals surface area contributed by atoms with Gasteiger partial charge in [-0.2, -0.15) is 5.10 Å². The van der Waals surface area contributed by atoms with Gasteiger partial charge in [0.15, 0.2) is 5.82 Å². The monoisotopic (exact) mass is 468 g/mol. The molecule has 0 unspecified atom stereocenters. The van der Waals surface area contributed by atoms with Gasteiger partial charge in [0.05, 0.1) is 17.8 Å². The van der Waals surface area contributed by atoms with E-state index in [0.29, 0.717) is 25.1 Å². The third-order valence-corrected chi connectivity index (χ3v) is 5.84. The van der Waals surface area contributed by atoms with Crippen LogP contribution < -0.4 is 10.6 Å². The lowest BCUT2D eigenvalue weighted by molar-refractivity contribution is -0.136.